The van der Waals surface area contributed by atoms with Crippen LogP contribution in [-0.4, -0.2) is 45.6 Å². The zero-order chi connectivity index (χ0) is 26.4. The van der Waals surface area contributed by atoms with Gasteiger partial charge in [-0.3, -0.25) is 14.6 Å². The molecule has 0 aliphatic heterocycles. The van der Waals surface area contributed by atoms with Crippen LogP contribution in [0.3, 0.4) is 0 Å². The van der Waals surface area contributed by atoms with E-state index in [-0.39, 0.29) is 18.4 Å². The molecule has 186 valence electrons. The molecule has 0 bridgehead atoms. The number of aryl methyl sites for hydroxylation is 1. The highest BCUT2D eigenvalue weighted by atomic mass is 79.9. The van der Waals surface area contributed by atoms with Gasteiger partial charge in [0.1, 0.15) is 6.04 Å². The lowest BCUT2D eigenvalue weighted by molar-refractivity contribution is -0.140. The summed E-state index contributed by atoms with van der Waals surface area (Å²) in [4.78, 5) is 41.1. The number of nitrogens with one attached hydrogen (secondary N) is 1. The SMILES string of the molecule is C#CCN(Cc1ccc2nc(C)c(Br)c(Cl)c2c1)c1ccc(C(=O)N[C@@H](CCC(=O)O)C(=O)O)cc1. The number of aromatic nitrogens is 1. The summed E-state index contributed by atoms with van der Waals surface area (Å²) in [5.74, 6) is -0.407. The number of fused-ring (bicyclic) bond motifs is 1. The molecule has 0 saturated carbocycles. The minimum Gasteiger partial charge on any atom is -0.481 e. The summed E-state index contributed by atoms with van der Waals surface area (Å²) >= 11 is 9.99. The lowest BCUT2D eigenvalue weighted by Crippen LogP contribution is -2.41. The number of hydrogen-bond acceptors (Lipinski definition) is 5. The van der Waals surface area contributed by atoms with Gasteiger partial charge in [0, 0.05) is 29.6 Å². The number of rotatable bonds is 10. The van der Waals surface area contributed by atoms with Gasteiger partial charge in [-0.1, -0.05) is 23.6 Å². The number of carbonyl (C=O) groups is 3. The fraction of sp³-hybridized carbons (Fsp3) is 0.231. The number of benzene rings is 2. The molecule has 0 saturated heterocycles. The van der Waals surface area contributed by atoms with Crippen LogP contribution in [0, 0.1) is 19.3 Å². The Balaban J connectivity index is 1.78. The highest BCUT2D eigenvalue weighted by Crippen LogP contribution is 2.33. The number of nitrogens with zero attached hydrogens (tertiary/aromatic N) is 2. The first-order valence-corrected chi connectivity index (χ1v) is 12.1. The van der Waals surface area contributed by atoms with Crippen molar-refractivity contribution in [1.29, 1.82) is 0 Å². The summed E-state index contributed by atoms with van der Waals surface area (Å²) in [7, 11) is 0. The highest BCUT2D eigenvalue weighted by Gasteiger charge is 2.22. The summed E-state index contributed by atoms with van der Waals surface area (Å²) in [6, 6.07) is 11.1. The molecule has 1 heterocycles. The van der Waals surface area contributed by atoms with Gasteiger partial charge in [-0.15, -0.1) is 6.42 Å². The second kappa shape index (κ2) is 11.9. The summed E-state index contributed by atoms with van der Waals surface area (Å²) in [6.45, 7) is 2.66. The number of halogens is 2. The van der Waals surface area contributed by atoms with Gasteiger partial charge in [0.25, 0.3) is 5.91 Å². The van der Waals surface area contributed by atoms with Crippen molar-refractivity contribution in [3.8, 4) is 12.3 Å². The van der Waals surface area contributed by atoms with Crippen molar-refractivity contribution in [2.75, 3.05) is 11.4 Å². The predicted octanol–water partition coefficient (Wildman–Crippen LogP) is 4.65. The fourth-order valence-electron chi connectivity index (χ4n) is 3.62. The zero-order valence-corrected chi connectivity index (χ0v) is 21.6. The Hall–Kier alpha value is -3.61. The van der Waals surface area contributed by atoms with Crippen molar-refractivity contribution in [2.24, 2.45) is 0 Å². The van der Waals surface area contributed by atoms with Gasteiger partial charge in [0.2, 0.25) is 0 Å². The molecule has 1 aromatic heterocycles. The molecule has 0 unspecified atom stereocenters. The van der Waals surface area contributed by atoms with Crippen LogP contribution in [0.25, 0.3) is 10.9 Å². The number of anilines is 1. The first-order chi connectivity index (χ1) is 17.1. The van der Waals surface area contributed by atoms with E-state index >= 15 is 0 Å². The number of carboxylic acids is 2. The standard InChI is InChI=1S/C26H23BrClN3O5/c1-3-12-31(14-16-4-9-20-19(13-16)24(28)23(27)15(2)29-20)18-7-5-17(6-8-18)25(34)30-21(26(35)36)10-11-22(32)33/h1,4-9,13,21H,10-12,14H2,2H3,(H,30,34)(H,32,33)(H,35,36)/t21-/m0/s1. The van der Waals surface area contributed by atoms with E-state index in [1.165, 1.54) is 0 Å². The minimum absolute atomic E-state index is 0.216. The first kappa shape index (κ1) is 27.0. The smallest absolute Gasteiger partial charge is 0.326 e. The Morgan fingerprint density at radius 2 is 1.89 bits per heavy atom. The van der Waals surface area contributed by atoms with Crippen molar-refractivity contribution < 1.29 is 24.6 Å². The zero-order valence-electron chi connectivity index (χ0n) is 19.3. The Morgan fingerprint density at radius 1 is 1.19 bits per heavy atom. The number of carboxylic acid groups (broad SMARTS) is 2. The molecule has 3 N–H and O–H groups in total. The van der Waals surface area contributed by atoms with Crippen LogP contribution in [0.2, 0.25) is 5.02 Å². The van der Waals surface area contributed by atoms with Gasteiger partial charge in [-0.25, -0.2) is 4.79 Å². The lowest BCUT2D eigenvalue weighted by atomic mass is 10.1. The quantitative estimate of drug-likeness (QED) is 0.303. The van der Waals surface area contributed by atoms with Gasteiger partial charge in [0.05, 0.1) is 27.3 Å². The molecule has 1 amide bonds. The number of pyridine rings is 1. The van der Waals surface area contributed by atoms with E-state index in [2.05, 4.69) is 32.2 Å². The van der Waals surface area contributed by atoms with Crippen molar-refractivity contribution in [1.82, 2.24) is 10.3 Å². The number of hydrogen-bond donors (Lipinski definition) is 3. The summed E-state index contributed by atoms with van der Waals surface area (Å²) in [6.07, 6.45) is 5.00. The fourth-order valence-corrected chi connectivity index (χ4v) is 4.21. The molecule has 36 heavy (non-hydrogen) atoms. The Labute approximate surface area is 221 Å². The van der Waals surface area contributed by atoms with Gasteiger partial charge in [-0.2, -0.15) is 0 Å². The molecule has 0 spiro atoms. The van der Waals surface area contributed by atoms with Crippen LogP contribution in [0.15, 0.2) is 46.9 Å². The van der Waals surface area contributed by atoms with E-state index in [1.807, 2.05) is 30.0 Å². The predicted molar refractivity (Wildman–Crippen MR) is 141 cm³/mol. The summed E-state index contributed by atoms with van der Waals surface area (Å²) < 4.78 is 0.747. The van der Waals surface area contributed by atoms with E-state index in [0.717, 1.165) is 32.3 Å². The Bertz CT molecular complexity index is 1350. The molecular weight excluding hydrogens is 550 g/mol. The summed E-state index contributed by atoms with van der Waals surface area (Å²) in [5.41, 5.74) is 3.55. The molecule has 3 aromatic rings. The van der Waals surface area contributed by atoms with Gasteiger partial charge < -0.3 is 20.4 Å². The molecule has 8 nitrogen and oxygen atoms in total. The summed E-state index contributed by atoms with van der Waals surface area (Å²) in [5, 5.41) is 21.8. The van der Waals surface area contributed by atoms with Crippen LogP contribution in [0.5, 0.6) is 0 Å². The number of amides is 1. The lowest BCUT2D eigenvalue weighted by Gasteiger charge is -2.23. The van der Waals surface area contributed by atoms with Crippen LogP contribution in [0.1, 0.15) is 34.5 Å². The van der Waals surface area contributed by atoms with Crippen molar-refractivity contribution in [2.45, 2.75) is 32.4 Å². The van der Waals surface area contributed by atoms with Crippen LogP contribution >= 0.6 is 27.5 Å². The molecule has 10 heteroatoms. The van der Waals surface area contributed by atoms with E-state index in [4.69, 9.17) is 23.1 Å². The third-order valence-corrected chi connectivity index (χ3v) is 7.09. The molecular formula is C26H23BrClN3O5. The van der Waals surface area contributed by atoms with Crippen LogP contribution in [-0.2, 0) is 16.1 Å². The maximum Gasteiger partial charge on any atom is 0.326 e. The van der Waals surface area contributed by atoms with Gasteiger partial charge in [-0.05, 0) is 71.2 Å². The Kier molecular flexibility index (Phi) is 8.91. The van der Waals surface area contributed by atoms with Gasteiger partial charge in [0.15, 0.2) is 0 Å². The second-order valence-electron chi connectivity index (χ2n) is 8.08. The van der Waals surface area contributed by atoms with Crippen LogP contribution < -0.4 is 10.2 Å². The van der Waals surface area contributed by atoms with Crippen LogP contribution in [0.4, 0.5) is 5.69 Å². The van der Waals surface area contributed by atoms with Crippen molar-refractivity contribution >= 4 is 62.0 Å². The average Bonchev–Trinajstić information content (AvgIpc) is 2.85. The van der Waals surface area contributed by atoms with E-state index < -0.39 is 23.9 Å². The molecule has 3 rings (SSSR count). The second-order valence-corrected chi connectivity index (χ2v) is 9.25. The topological polar surface area (TPSA) is 120 Å². The molecule has 1 atom stereocenters. The monoisotopic (exact) mass is 571 g/mol. The average molecular weight is 573 g/mol. The third-order valence-electron chi connectivity index (χ3n) is 5.50. The molecule has 0 aliphatic carbocycles. The number of aliphatic carboxylic acids is 2. The number of terminal acetylenes is 1. The normalized spacial score (nSPS) is 11.5. The van der Waals surface area contributed by atoms with Crippen molar-refractivity contribution in [3.63, 3.8) is 0 Å². The maximum atomic E-state index is 12.5. The van der Waals surface area contributed by atoms with E-state index in [1.54, 1.807) is 24.3 Å². The molecule has 2 aromatic carbocycles. The minimum atomic E-state index is -1.30. The van der Waals surface area contributed by atoms with E-state index in [0.29, 0.717) is 18.1 Å². The van der Waals surface area contributed by atoms with E-state index in [9.17, 15) is 19.5 Å². The molecule has 0 radical (unpaired) electrons. The largest absolute Gasteiger partial charge is 0.481 e. The maximum absolute atomic E-state index is 12.5. The first-order valence-electron chi connectivity index (χ1n) is 10.9. The third kappa shape index (κ3) is 6.53. The van der Waals surface area contributed by atoms with Gasteiger partial charge >= 0.3 is 11.9 Å². The Morgan fingerprint density at radius 3 is 2.50 bits per heavy atom. The number of carbonyl (C=O) groups excluding carboxylic acids is 1. The van der Waals surface area contributed by atoms with Crippen molar-refractivity contribution in [3.05, 3.63) is 68.8 Å². The highest BCUT2D eigenvalue weighted by molar-refractivity contribution is 9.10. The molecule has 0 aliphatic rings. The molecule has 0 fully saturated rings.